The summed E-state index contributed by atoms with van der Waals surface area (Å²) in [5, 5.41) is 4.89. The van der Waals surface area contributed by atoms with E-state index in [9.17, 15) is 19.2 Å². The average molecular weight is 426 g/mol. The summed E-state index contributed by atoms with van der Waals surface area (Å²) in [6.07, 6.45) is 1.42. The highest BCUT2D eigenvalue weighted by Crippen LogP contribution is 2.20. The number of imide groups is 2. The van der Waals surface area contributed by atoms with Gasteiger partial charge in [0.05, 0.1) is 13.2 Å². The molecule has 4 rings (SSSR count). The van der Waals surface area contributed by atoms with Gasteiger partial charge in [-0.1, -0.05) is 24.3 Å². The van der Waals surface area contributed by atoms with E-state index in [1.54, 1.807) is 12.1 Å². The number of likely N-dealkylation sites (tertiary alicyclic amines) is 1. The van der Waals surface area contributed by atoms with Crippen LogP contribution in [0.5, 0.6) is 0 Å². The minimum Gasteiger partial charge on any atom is -0.349 e. The van der Waals surface area contributed by atoms with E-state index >= 15 is 0 Å². The fourth-order valence-electron chi connectivity index (χ4n) is 3.65. The molecular formula is C21H22N4O4S. The van der Waals surface area contributed by atoms with Gasteiger partial charge in [0.25, 0.3) is 5.91 Å². The van der Waals surface area contributed by atoms with Crippen molar-refractivity contribution in [3.05, 3.63) is 58.3 Å². The molecule has 2 fully saturated rings. The Bertz CT molecular complexity index is 939. The van der Waals surface area contributed by atoms with Gasteiger partial charge in [-0.15, -0.1) is 11.3 Å². The third kappa shape index (κ3) is 4.27. The van der Waals surface area contributed by atoms with E-state index in [0.717, 1.165) is 14.7 Å². The van der Waals surface area contributed by atoms with Crippen LogP contribution in [-0.2, 0) is 16.1 Å². The molecule has 2 aliphatic heterocycles. The Kier molecular flexibility index (Phi) is 5.91. The molecule has 1 N–H and O–H groups in total. The maximum Gasteiger partial charge on any atom is 0.335 e. The molecule has 3 heterocycles. The average Bonchev–Trinajstić information content (AvgIpc) is 3.35. The van der Waals surface area contributed by atoms with Crippen LogP contribution in [0, 0.1) is 0 Å². The Balaban J connectivity index is 1.29. The third-order valence-electron chi connectivity index (χ3n) is 5.33. The summed E-state index contributed by atoms with van der Waals surface area (Å²) in [7, 11) is 0. The highest BCUT2D eigenvalue weighted by atomic mass is 32.1. The van der Waals surface area contributed by atoms with Gasteiger partial charge in [0.2, 0.25) is 0 Å². The van der Waals surface area contributed by atoms with Gasteiger partial charge in [-0.2, -0.15) is 0 Å². The summed E-state index contributed by atoms with van der Waals surface area (Å²) in [6.45, 7) is 1.45. The predicted octanol–water partition coefficient (Wildman–Crippen LogP) is 1.89. The molecule has 0 atom stereocenters. The van der Waals surface area contributed by atoms with Crippen molar-refractivity contribution in [1.29, 1.82) is 0 Å². The van der Waals surface area contributed by atoms with Crippen LogP contribution in [0.1, 0.15) is 28.1 Å². The monoisotopic (exact) mass is 426 g/mol. The molecule has 0 bridgehead atoms. The SMILES string of the molecule is O=C(NC1CCN(CN2C(=O)C(=O)N(Cc3cccs3)C2=O)CC1)c1ccccc1. The molecule has 2 aliphatic rings. The number of benzene rings is 1. The molecule has 2 aromatic rings. The first kappa shape index (κ1) is 20.2. The maximum absolute atomic E-state index is 12.6. The van der Waals surface area contributed by atoms with Crippen molar-refractivity contribution in [3.8, 4) is 0 Å². The molecule has 0 saturated carbocycles. The summed E-state index contributed by atoms with van der Waals surface area (Å²) >= 11 is 1.43. The van der Waals surface area contributed by atoms with Crippen molar-refractivity contribution < 1.29 is 19.2 Å². The lowest BCUT2D eigenvalue weighted by Gasteiger charge is -2.33. The number of carbonyl (C=O) groups is 4. The topological polar surface area (TPSA) is 90.0 Å². The van der Waals surface area contributed by atoms with E-state index in [2.05, 4.69) is 5.32 Å². The van der Waals surface area contributed by atoms with Gasteiger partial charge >= 0.3 is 17.8 Å². The smallest absolute Gasteiger partial charge is 0.335 e. The summed E-state index contributed by atoms with van der Waals surface area (Å²) in [4.78, 5) is 54.3. The van der Waals surface area contributed by atoms with Gasteiger partial charge < -0.3 is 5.32 Å². The molecule has 0 unspecified atom stereocenters. The second kappa shape index (κ2) is 8.76. The number of hydrogen-bond donors (Lipinski definition) is 1. The second-order valence-electron chi connectivity index (χ2n) is 7.36. The third-order valence-corrected chi connectivity index (χ3v) is 6.19. The van der Waals surface area contributed by atoms with Gasteiger partial charge in [0.1, 0.15) is 0 Å². The highest BCUT2D eigenvalue weighted by molar-refractivity contribution is 7.09. The first-order valence-electron chi connectivity index (χ1n) is 9.81. The van der Waals surface area contributed by atoms with E-state index in [1.165, 1.54) is 11.3 Å². The van der Waals surface area contributed by atoms with Crippen molar-refractivity contribution in [2.75, 3.05) is 19.8 Å². The largest absolute Gasteiger partial charge is 0.349 e. The zero-order valence-electron chi connectivity index (χ0n) is 16.3. The van der Waals surface area contributed by atoms with Crippen LogP contribution >= 0.6 is 11.3 Å². The van der Waals surface area contributed by atoms with Crippen molar-refractivity contribution >= 4 is 35.1 Å². The van der Waals surface area contributed by atoms with Crippen molar-refractivity contribution in [1.82, 2.24) is 20.0 Å². The lowest BCUT2D eigenvalue weighted by molar-refractivity contribution is -0.144. The minimum absolute atomic E-state index is 0.0379. The number of amides is 5. The number of rotatable bonds is 6. The maximum atomic E-state index is 12.6. The van der Waals surface area contributed by atoms with Crippen LogP contribution in [0.2, 0.25) is 0 Å². The minimum atomic E-state index is -0.781. The number of nitrogens with zero attached hydrogens (tertiary/aromatic N) is 3. The summed E-state index contributed by atoms with van der Waals surface area (Å²) in [5.41, 5.74) is 0.623. The zero-order chi connectivity index (χ0) is 21.1. The fourth-order valence-corrected chi connectivity index (χ4v) is 4.34. The summed E-state index contributed by atoms with van der Waals surface area (Å²) < 4.78 is 0. The molecule has 2 saturated heterocycles. The lowest BCUT2D eigenvalue weighted by Crippen LogP contribution is -2.49. The molecule has 0 aliphatic carbocycles. The van der Waals surface area contributed by atoms with E-state index in [4.69, 9.17) is 0 Å². The molecule has 9 heteroatoms. The van der Waals surface area contributed by atoms with Gasteiger partial charge in [0, 0.05) is 29.6 Å². The number of nitrogens with one attached hydrogen (secondary N) is 1. The van der Waals surface area contributed by atoms with Crippen molar-refractivity contribution in [2.24, 2.45) is 0 Å². The molecule has 1 aromatic heterocycles. The molecular weight excluding hydrogens is 404 g/mol. The first-order chi connectivity index (χ1) is 14.5. The molecule has 0 spiro atoms. The van der Waals surface area contributed by atoms with Crippen LogP contribution in [0.4, 0.5) is 4.79 Å². The summed E-state index contributed by atoms with van der Waals surface area (Å²) in [5.74, 6) is -1.66. The predicted molar refractivity (Wildman–Crippen MR) is 110 cm³/mol. The van der Waals surface area contributed by atoms with Gasteiger partial charge in [0.15, 0.2) is 0 Å². The quantitative estimate of drug-likeness (QED) is 0.563. The van der Waals surface area contributed by atoms with E-state index in [-0.39, 0.29) is 25.2 Å². The molecule has 8 nitrogen and oxygen atoms in total. The molecule has 1 aromatic carbocycles. The number of thiophene rings is 1. The Morgan fingerprint density at radius 3 is 2.33 bits per heavy atom. The molecule has 5 amide bonds. The van der Waals surface area contributed by atoms with Crippen LogP contribution in [0.3, 0.4) is 0 Å². The van der Waals surface area contributed by atoms with Crippen molar-refractivity contribution in [2.45, 2.75) is 25.4 Å². The van der Waals surface area contributed by atoms with E-state index < -0.39 is 17.8 Å². The summed E-state index contributed by atoms with van der Waals surface area (Å²) in [6, 6.07) is 12.2. The fraction of sp³-hybridized carbons (Fsp3) is 0.333. The normalized spacial score (nSPS) is 18.3. The van der Waals surface area contributed by atoms with Crippen LogP contribution in [0.25, 0.3) is 0 Å². The Morgan fingerprint density at radius 1 is 0.967 bits per heavy atom. The lowest BCUT2D eigenvalue weighted by atomic mass is 10.0. The Labute approximate surface area is 178 Å². The number of hydrogen-bond acceptors (Lipinski definition) is 6. The molecule has 0 radical (unpaired) electrons. The Hall–Kier alpha value is -3.04. The highest BCUT2D eigenvalue weighted by Gasteiger charge is 2.45. The number of urea groups is 1. The number of piperidine rings is 1. The van der Waals surface area contributed by atoms with Crippen LogP contribution in [0.15, 0.2) is 47.8 Å². The van der Waals surface area contributed by atoms with Gasteiger partial charge in [-0.25, -0.2) is 9.69 Å². The second-order valence-corrected chi connectivity index (χ2v) is 8.39. The number of carbonyl (C=O) groups excluding carboxylic acids is 4. The standard InChI is InChI=1S/C21H22N4O4S/c26-18(15-5-2-1-3-6-15)22-16-8-10-23(11-9-16)14-25-20(28)19(27)24(21(25)29)13-17-7-4-12-30-17/h1-7,12,16H,8-11,13-14H2,(H,22,26). The van der Waals surface area contributed by atoms with Gasteiger partial charge in [-0.3, -0.25) is 24.2 Å². The first-order valence-corrected chi connectivity index (χ1v) is 10.7. The zero-order valence-corrected chi connectivity index (χ0v) is 17.1. The van der Waals surface area contributed by atoms with E-state index in [1.807, 2.05) is 40.6 Å². The van der Waals surface area contributed by atoms with Crippen molar-refractivity contribution in [3.63, 3.8) is 0 Å². The van der Waals surface area contributed by atoms with E-state index in [0.29, 0.717) is 31.5 Å². The molecule has 156 valence electrons. The molecule has 30 heavy (non-hydrogen) atoms. The van der Waals surface area contributed by atoms with Crippen LogP contribution in [-0.4, -0.2) is 64.3 Å². The Morgan fingerprint density at radius 2 is 1.67 bits per heavy atom. The van der Waals surface area contributed by atoms with Gasteiger partial charge in [-0.05, 0) is 36.4 Å². The van der Waals surface area contributed by atoms with Crippen LogP contribution < -0.4 is 5.32 Å².